The molecule has 4 rings (SSSR count). The fourth-order valence-electron chi connectivity index (χ4n) is 4.81. The molecule has 29 heavy (non-hydrogen) atoms. The molecule has 1 saturated heterocycles. The minimum atomic E-state index is 0.0953. The number of carbonyl (C=O) groups excluding carboxylic acids is 1. The zero-order chi connectivity index (χ0) is 20.1. The van der Waals surface area contributed by atoms with E-state index in [-0.39, 0.29) is 4.75 Å². The molecule has 0 N–H and O–H groups in total. The number of methoxy groups -OCH3 is 1. The Morgan fingerprint density at radius 3 is 2.79 bits per heavy atom. The van der Waals surface area contributed by atoms with Crippen LogP contribution in [0.15, 0.2) is 48.7 Å². The van der Waals surface area contributed by atoms with Gasteiger partial charge in [0.2, 0.25) is 11.8 Å². The minimum absolute atomic E-state index is 0.0953. The van der Waals surface area contributed by atoms with Crippen molar-refractivity contribution in [3.05, 3.63) is 59.8 Å². The maximum absolute atomic E-state index is 13.3. The molecule has 1 spiro atoms. The Balaban J connectivity index is 1.47. The van der Waals surface area contributed by atoms with Gasteiger partial charge < -0.3 is 9.64 Å². The largest absolute Gasteiger partial charge is 0.481 e. The highest BCUT2D eigenvalue weighted by Crippen LogP contribution is 2.49. The molecular formula is C24H30N2O2S. The maximum Gasteiger partial charge on any atom is 0.224 e. The second kappa shape index (κ2) is 9.21. The average Bonchev–Trinajstić information content (AvgIpc) is 2.90. The zero-order valence-electron chi connectivity index (χ0n) is 17.2. The number of amides is 1. The predicted molar refractivity (Wildman–Crippen MR) is 118 cm³/mol. The van der Waals surface area contributed by atoms with Crippen LogP contribution >= 0.6 is 11.8 Å². The monoisotopic (exact) mass is 410 g/mol. The third-order valence-corrected chi connectivity index (χ3v) is 8.05. The standard InChI is InChI=1S/C24H30N2O2S/c1-28-22-11-10-20(17-25-22)18-26-13-14-29-24(16-23(26)27)12-6-5-9-21(24)15-19-7-3-2-4-8-19/h2-4,7-8,10-11,17,21H,5-6,9,12-16,18H2,1H3. The summed E-state index contributed by atoms with van der Waals surface area (Å²) in [5.41, 5.74) is 2.46. The van der Waals surface area contributed by atoms with Gasteiger partial charge in [-0.05, 0) is 36.3 Å². The Kier molecular flexibility index (Phi) is 6.43. The molecule has 2 aromatic rings. The molecule has 2 fully saturated rings. The minimum Gasteiger partial charge on any atom is -0.481 e. The Labute approximate surface area is 178 Å². The number of carbonyl (C=O) groups is 1. The summed E-state index contributed by atoms with van der Waals surface area (Å²) in [4.78, 5) is 19.6. The number of benzene rings is 1. The van der Waals surface area contributed by atoms with E-state index in [1.54, 1.807) is 7.11 Å². The van der Waals surface area contributed by atoms with Crippen molar-refractivity contribution < 1.29 is 9.53 Å². The highest BCUT2D eigenvalue weighted by atomic mass is 32.2. The lowest BCUT2D eigenvalue weighted by Crippen LogP contribution is -2.42. The topological polar surface area (TPSA) is 42.4 Å². The van der Waals surface area contributed by atoms with E-state index in [9.17, 15) is 4.79 Å². The van der Waals surface area contributed by atoms with Gasteiger partial charge in [-0.1, -0.05) is 49.2 Å². The van der Waals surface area contributed by atoms with Gasteiger partial charge in [-0.3, -0.25) is 4.79 Å². The lowest BCUT2D eigenvalue weighted by Gasteiger charge is -2.43. The van der Waals surface area contributed by atoms with Crippen LogP contribution in [0, 0.1) is 5.92 Å². The lowest BCUT2D eigenvalue weighted by atomic mass is 9.73. The van der Waals surface area contributed by atoms with Gasteiger partial charge in [-0.15, -0.1) is 0 Å². The first-order chi connectivity index (χ1) is 14.2. The number of ether oxygens (including phenoxy) is 1. The molecule has 2 atom stereocenters. The zero-order valence-corrected chi connectivity index (χ0v) is 18.0. The molecule has 1 aliphatic heterocycles. The van der Waals surface area contributed by atoms with Crippen molar-refractivity contribution in [3.63, 3.8) is 0 Å². The number of aromatic nitrogens is 1. The van der Waals surface area contributed by atoms with Crippen molar-refractivity contribution in [3.8, 4) is 5.88 Å². The van der Waals surface area contributed by atoms with E-state index in [0.29, 0.717) is 30.7 Å². The first kappa shape index (κ1) is 20.3. The second-order valence-electron chi connectivity index (χ2n) is 8.25. The highest BCUT2D eigenvalue weighted by molar-refractivity contribution is 8.00. The van der Waals surface area contributed by atoms with Gasteiger partial charge in [0.25, 0.3) is 0 Å². The number of rotatable bonds is 5. The molecule has 1 aromatic heterocycles. The van der Waals surface area contributed by atoms with Crippen molar-refractivity contribution in [1.29, 1.82) is 0 Å². The Hall–Kier alpha value is -2.01. The first-order valence-electron chi connectivity index (χ1n) is 10.6. The molecule has 1 amide bonds. The molecule has 2 aliphatic rings. The van der Waals surface area contributed by atoms with Crippen LogP contribution in [0.3, 0.4) is 0 Å². The molecule has 1 aliphatic carbocycles. The molecule has 0 bridgehead atoms. The third-order valence-electron chi connectivity index (χ3n) is 6.41. The molecule has 5 heteroatoms. The van der Waals surface area contributed by atoms with E-state index < -0.39 is 0 Å². The van der Waals surface area contributed by atoms with Crippen LogP contribution in [0.1, 0.15) is 43.2 Å². The molecule has 1 saturated carbocycles. The van der Waals surface area contributed by atoms with Crippen LogP contribution < -0.4 is 4.74 Å². The van der Waals surface area contributed by atoms with E-state index in [1.165, 1.54) is 31.2 Å². The van der Waals surface area contributed by atoms with Crippen LogP contribution in [-0.2, 0) is 17.8 Å². The maximum atomic E-state index is 13.3. The van der Waals surface area contributed by atoms with E-state index in [4.69, 9.17) is 4.74 Å². The van der Waals surface area contributed by atoms with Crippen molar-refractivity contribution in [2.75, 3.05) is 19.4 Å². The molecule has 1 aromatic carbocycles. The van der Waals surface area contributed by atoms with Crippen LogP contribution in [0.2, 0.25) is 0 Å². The smallest absolute Gasteiger partial charge is 0.224 e. The van der Waals surface area contributed by atoms with Crippen molar-refractivity contribution in [2.24, 2.45) is 5.92 Å². The summed E-state index contributed by atoms with van der Waals surface area (Å²) in [6, 6.07) is 14.7. The molecule has 2 heterocycles. The highest BCUT2D eigenvalue weighted by Gasteiger charge is 2.44. The summed E-state index contributed by atoms with van der Waals surface area (Å²) < 4.78 is 5.24. The van der Waals surface area contributed by atoms with Crippen LogP contribution in [0.4, 0.5) is 0 Å². The van der Waals surface area contributed by atoms with Gasteiger partial charge in [0, 0.05) is 42.3 Å². The number of hydrogen-bond acceptors (Lipinski definition) is 4. The van der Waals surface area contributed by atoms with E-state index in [0.717, 1.165) is 24.3 Å². The Morgan fingerprint density at radius 2 is 2.03 bits per heavy atom. The van der Waals surface area contributed by atoms with Crippen LogP contribution in [0.5, 0.6) is 5.88 Å². The summed E-state index contributed by atoms with van der Waals surface area (Å²) in [7, 11) is 1.62. The average molecular weight is 411 g/mol. The van der Waals surface area contributed by atoms with Gasteiger partial charge in [-0.25, -0.2) is 4.98 Å². The Bertz CT molecular complexity index is 811. The normalized spacial score (nSPS) is 25.1. The number of hydrogen-bond donors (Lipinski definition) is 0. The molecule has 4 nitrogen and oxygen atoms in total. The third kappa shape index (κ3) is 4.77. The van der Waals surface area contributed by atoms with Crippen LogP contribution in [0.25, 0.3) is 0 Å². The van der Waals surface area contributed by atoms with Crippen molar-refractivity contribution >= 4 is 17.7 Å². The summed E-state index contributed by atoms with van der Waals surface area (Å²) in [6.45, 7) is 1.45. The van der Waals surface area contributed by atoms with E-state index in [1.807, 2.05) is 23.2 Å². The summed E-state index contributed by atoms with van der Waals surface area (Å²) in [5.74, 6) is 2.50. The first-order valence-corrected chi connectivity index (χ1v) is 11.6. The van der Waals surface area contributed by atoms with Gasteiger partial charge in [-0.2, -0.15) is 11.8 Å². The number of pyridine rings is 1. The summed E-state index contributed by atoms with van der Waals surface area (Å²) in [6.07, 6.45) is 8.50. The summed E-state index contributed by atoms with van der Waals surface area (Å²) in [5, 5.41) is 0. The number of nitrogens with zero attached hydrogens (tertiary/aromatic N) is 2. The predicted octanol–water partition coefficient (Wildman–Crippen LogP) is 4.73. The second-order valence-corrected chi connectivity index (χ2v) is 9.76. The van der Waals surface area contributed by atoms with Crippen LogP contribution in [-0.4, -0.2) is 39.9 Å². The summed E-state index contributed by atoms with van der Waals surface area (Å²) >= 11 is 2.06. The molecule has 154 valence electrons. The van der Waals surface area contributed by atoms with E-state index in [2.05, 4.69) is 47.1 Å². The fourth-order valence-corrected chi connectivity index (χ4v) is 6.48. The van der Waals surface area contributed by atoms with Gasteiger partial charge in [0.1, 0.15) is 0 Å². The fraction of sp³-hybridized carbons (Fsp3) is 0.500. The van der Waals surface area contributed by atoms with Crippen molar-refractivity contribution in [1.82, 2.24) is 9.88 Å². The molecular weight excluding hydrogens is 380 g/mol. The van der Waals surface area contributed by atoms with Gasteiger partial charge in [0.05, 0.1) is 7.11 Å². The van der Waals surface area contributed by atoms with E-state index >= 15 is 0 Å². The number of thioether (sulfide) groups is 1. The lowest BCUT2D eigenvalue weighted by molar-refractivity contribution is -0.132. The molecule has 0 radical (unpaired) electrons. The quantitative estimate of drug-likeness (QED) is 0.715. The Morgan fingerprint density at radius 1 is 1.17 bits per heavy atom. The van der Waals surface area contributed by atoms with Crippen molar-refractivity contribution in [2.45, 2.75) is 49.8 Å². The van der Waals surface area contributed by atoms with Gasteiger partial charge in [0.15, 0.2) is 0 Å². The molecule has 2 unspecified atom stereocenters. The van der Waals surface area contributed by atoms with Gasteiger partial charge >= 0.3 is 0 Å². The SMILES string of the molecule is COc1ccc(CN2CCSC3(CCCCC3Cc3ccccc3)CC2=O)cn1.